The van der Waals surface area contributed by atoms with E-state index < -0.39 is 0 Å². The molecule has 4 rings (SSSR count). The fourth-order valence-corrected chi connectivity index (χ4v) is 3.35. The molecule has 0 aliphatic carbocycles. The lowest BCUT2D eigenvalue weighted by molar-refractivity contribution is -0.117. The largest absolute Gasteiger partial charge is 0.497 e. The van der Waals surface area contributed by atoms with Crippen LogP contribution in [0.2, 0.25) is 0 Å². The van der Waals surface area contributed by atoms with Gasteiger partial charge in [0.1, 0.15) is 22.9 Å². The van der Waals surface area contributed by atoms with Crippen LogP contribution in [0.1, 0.15) is 18.4 Å². The summed E-state index contributed by atoms with van der Waals surface area (Å²) in [6, 6.07) is 22.6. The van der Waals surface area contributed by atoms with Gasteiger partial charge in [-0.15, -0.1) is 0 Å². The van der Waals surface area contributed by atoms with Gasteiger partial charge in [-0.3, -0.25) is 4.79 Å². The number of hydrogen-bond donors (Lipinski definition) is 1. The number of nitrogens with zero attached hydrogens (tertiary/aromatic N) is 1. The van der Waals surface area contributed by atoms with Gasteiger partial charge in [-0.05, 0) is 71.8 Å². The van der Waals surface area contributed by atoms with E-state index in [1.807, 2.05) is 43.3 Å². The molecular formula is C26H24N2O4. The van der Waals surface area contributed by atoms with Crippen molar-refractivity contribution in [3.8, 4) is 23.1 Å². The van der Waals surface area contributed by atoms with Gasteiger partial charge in [-0.25, -0.2) is 4.98 Å². The Labute approximate surface area is 186 Å². The first-order valence-electron chi connectivity index (χ1n) is 10.2. The zero-order chi connectivity index (χ0) is 22.5. The van der Waals surface area contributed by atoms with E-state index in [1.54, 1.807) is 56.8 Å². The summed E-state index contributed by atoms with van der Waals surface area (Å²) < 4.78 is 16.3. The van der Waals surface area contributed by atoms with Crippen LogP contribution in [-0.4, -0.2) is 25.1 Å². The Hall–Kier alpha value is -4.06. The van der Waals surface area contributed by atoms with Gasteiger partial charge >= 0.3 is 0 Å². The molecule has 3 aromatic carbocycles. The lowest BCUT2D eigenvalue weighted by Gasteiger charge is -2.15. The second-order valence-electron chi connectivity index (χ2n) is 7.32. The lowest BCUT2D eigenvalue weighted by atomic mass is 9.97. The third-order valence-electron chi connectivity index (χ3n) is 5.27. The Morgan fingerprint density at radius 2 is 1.50 bits per heavy atom. The van der Waals surface area contributed by atoms with Crippen molar-refractivity contribution in [2.45, 2.75) is 12.8 Å². The maximum absolute atomic E-state index is 13.0. The Morgan fingerprint density at radius 3 is 2.25 bits per heavy atom. The van der Waals surface area contributed by atoms with E-state index in [1.165, 1.54) is 0 Å². The SMILES string of the molecule is COc1ccc(Oc2ncccc2NC(=O)[C@@H](C)c2ccc3cc(OC)ccc3c2)cc1. The van der Waals surface area contributed by atoms with Gasteiger partial charge in [0.15, 0.2) is 0 Å². The molecule has 0 spiro atoms. The van der Waals surface area contributed by atoms with Gasteiger partial charge in [-0.1, -0.05) is 24.3 Å². The maximum Gasteiger partial charge on any atom is 0.243 e. The van der Waals surface area contributed by atoms with Crippen LogP contribution in [-0.2, 0) is 4.79 Å². The average molecular weight is 428 g/mol. The van der Waals surface area contributed by atoms with Crippen LogP contribution in [0.4, 0.5) is 5.69 Å². The molecule has 6 nitrogen and oxygen atoms in total. The number of carbonyl (C=O) groups is 1. The number of amides is 1. The lowest BCUT2D eigenvalue weighted by Crippen LogP contribution is -2.19. The number of benzene rings is 3. The van der Waals surface area contributed by atoms with E-state index in [0.29, 0.717) is 17.3 Å². The highest BCUT2D eigenvalue weighted by Crippen LogP contribution is 2.30. The van der Waals surface area contributed by atoms with Crippen molar-refractivity contribution in [2.24, 2.45) is 0 Å². The zero-order valence-corrected chi connectivity index (χ0v) is 18.2. The zero-order valence-electron chi connectivity index (χ0n) is 18.2. The topological polar surface area (TPSA) is 69.7 Å². The number of methoxy groups -OCH3 is 2. The molecule has 162 valence electrons. The first-order chi connectivity index (χ1) is 15.6. The second kappa shape index (κ2) is 9.39. The molecule has 0 bridgehead atoms. The van der Waals surface area contributed by atoms with Crippen LogP contribution in [0.25, 0.3) is 10.8 Å². The van der Waals surface area contributed by atoms with Crippen molar-refractivity contribution in [3.05, 3.63) is 84.6 Å². The molecule has 1 atom stereocenters. The smallest absolute Gasteiger partial charge is 0.243 e. The summed E-state index contributed by atoms with van der Waals surface area (Å²) in [7, 11) is 3.25. The Kier molecular flexibility index (Phi) is 6.22. The monoisotopic (exact) mass is 428 g/mol. The van der Waals surface area contributed by atoms with Crippen molar-refractivity contribution in [1.82, 2.24) is 4.98 Å². The number of hydrogen-bond acceptors (Lipinski definition) is 5. The number of nitrogens with one attached hydrogen (secondary N) is 1. The Morgan fingerprint density at radius 1 is 0.844 bits per heavy atom. The van der Waals surface area contributed by atoms with Gasteiger partial charge in [0.05, 0.1) is 20.1 Å². The summed E-state index contributed by atoms with van der Waals surface area (Å²) in [5.41, 5.74) is 1.42. The second-order valence-corrected chi connectivity index (χ2v) is 7.32. The number of rotatable bonds is 7. The first kappa shape index (κ1) is 21.2. The van der Waals surface area contributed by atoms with Crippen molar-refractivity contribution in [1.29, 1.82) is 0 Å². The standard InChI is InChI=1S/C26H24N2O4/c1-17(18-6-7-20-16-23(31-3)9-8-19(20)15-18)25(29)28-24-5-4-14-27-26(24)32-22-12-10-21(30-2)11-13-22/h4-17H,1-3H3,(H,28,29)/t17-/m0/s1. The van der Waals surface area contributed by atoms with E-state index >= 15 is 0 Å². The number of pyridine rings is 1. The summed E-state index contributed by atoms with van der Waals surface area (Å²) in [4.78, 5) is 17.3. The predicted molar refractivity (Wildman–Crippen MR) is 125 cm³/mol. The highest BCUT2D eigenvalue weighted by molar-refractivity contribution is 5.97. The molecule has 0 unspecified atom stereocenters. The van der Waals surface area contributed by atoms with Crippen molar-refractivity contribution >= 4 is 22.4 Å². The quantitative estimate of drug-likeness (QED) is 0.404. The average Bonchev–Trinajstić information content (AvgIpc) is 2.84. The van der Waals surface area contributed by atoms with Gasteiger partial charge in [0.2, 0.25) is 11.8 Å². The third-order valence-corrected chi connectivity index (χ3v) is 5.27. The van der Waals surface area contributed by atoms with Crippen LogP contribution >= 0.6 is 0 Å². The Balaban J connectivity index is 1.51. The van der Waals surface area contributed by atoms with Crippen LogP contribution in [0.15, 0.2) is 79.0 Å². The first-order valence-corrected chi connectivity index (χ1v) is 10.2. The number of ether oxygens (including phenoxy) is 3. The van der Waals surface area contributed by atoms with E-state index in [0.717, 1.165) is 27.8 Å². The van der Waals surface area contributed by atoms with Crippen molar-refractivity contribution in [3.63, 3.8) is 0 Å². The molecule has 0 saturated heterocycles. The molecule has 32 heavy (non-hydrogen) atoms. The van der Waals surface area contributed by atoms with Crippen LogP contribution in [0.5, 0.6) is 23.1 Å². The molecule has 6 heteroatoms. The molecule has 1 amide bonds. The van der Waals surface area contributed by atoms with Crippen LogP contribution in [0.3, 0.4) is 0 Å². The minimum absolute atomic E-state index is 0.148. The molecule has 0 fully saturated rings. The summed E-state index contributed by atoms with van der Waals surface area (Å²) >= 11 is 0. The predicted octanol–water partition coefficient (Wildman–Crippen LogP) is 5.79. The molecule has 0 aliphatic heterocycles. The summed E-state index contributed by atoms with van der Waals surface area (Å²) in [6.45, 7) is 1.88. The van der Waals surface area contributed by atoms with E-state index in [9.17, 15) is 4.79 Å². The third kappa shape index (κ3) is 4.64. The van der Waals surface area contributed by atoms with Crippen LogP contribution < -0.4 is 19.5 Å². The number of aromatic nitrogens is 1. The minimum atomic E-state index is -0.365. The maximum atomic E-state index is 13.0. The van der Waals surface area contributed by atoms with E-state index in [4.69, 9.17) is 14.2 Å². The van der Waals surface area contributed by atoms with E-state index in [-0.39, 0.29) is 11.8 Å². The van der Waals surface area contributed by atoms with Crippen molar-refractivity contribution in [2.75, 3.05) is 19.5 Å². The highest BCUT2D eigenvalue weighted by Gasteiger charge is 2.18. The van der Waals surface area contributed by atoms with Gasteiger partial charge < -0.3 is 19.5 Å². The molecule has 1 aromatic heterocycles. The molecule has 1 N–H and O–H groups in total. The van der Waals surface area contributed by atoms with Crippen molar-refractivity contribution < 1.29 is 19.0 Å². The molecule has 0 aliphatic rings. The molecular weight excluding hydrogens is 404 g/mol. The number of carbonyl (C=O) groups excluding carboxylic acids is 1. The Bertz CT molecular complexity index is 1240. The van der Waals surface area contributed by atoms with Crippen LogP contribution in [0, 0.1) is 0 Å². The van der Waals surface area contributed by atoms with Gasteiger partial charge in [0, 0.05) is 6.20 Å². The summed E-state index contributed by atoms with van der Waals surface area (Å²) in [5, 5.41) is 5.05. The fourth-order valence-electron chi connectivity index (χ4n) is 3.35. The fraction of sp³-hybridized carbons (Fsp3) is 0.154. The minimum Gasteiger partial charge on any atom is -0.497 e. The highest BCUT2D eigenvalue weighted by atomic mass is 16.5. The summed E-state index contributed by atoms with van der Waals surface area (Å²) in [5.74, 6) is 1.94. The van der Waals surface area contributed by atoms with Gasteiger partial charge in [-0.2, -0.15) is 0 Å². The van der Waals surface area contributed by atoms with E-state index in [2.05, 4.69) is 10.3 Å². The van der Waals surface area contributed by atoms with Gasteiger partial charge in [0.25, 0.3) is 0 Å². The molecule has 4 aromatic rings. The number of fused-ring (bicyclic) bond motifs is 1. The molecule has 0 radical (unpaired) electrons. The summed E-state index contributed by atoms with van der Waals surface area (Å²) in [6.07, 6.45) is 1.62. The normalized spacial score (nSPS) is 11.6. The molecule has 1 heterocycles. The molecule has 0 saturated carbocycles. The number of anilines is 1.